The molecule has 3 rings (SSSR count). The van der Waals surface area contributed by atoms with E-state index in [4.69, 9.17) is 5.11 Å². The SMILES string of the molecule is O=C(NC1CCC(C(=O)O)CC1)c1cc2ccccc2cc1OC(F)F. The molecule has 2 aromatic carbocycles. The molecule has 0 radical (unpaired) electrons. The summed E-state index contributed by atoms with van der Waals surface area (Å²) in [6.07, 6.45) is 2.05. The van der Waals surface area contributed by atoms with Crippen LogP contribution in [0.4, 0.5) is 8.78 Å². The number of aliphatic carboxylic acids is 1. The summed E-state index contributed by atoms with van der Waals surface area (Å²) in [5, 5.41) is 13.3. The van der Waals surface area contributed by atoms with E-state index in [0.717, 1.165) is 5.39 Å². The van der Waals surface area contributed by atoms with E-state index in [1.54, 1.807) is 24.3 Å². The third-order valence-corrected chi connectivity index (χ3v) is 4.72. The summed E-state index contributed by atoms with van der Waals surface area (Å²) in [6.45, 7) is -3.03. The zero-order chi connectivity index (χ0) is 18.7. The number of carboxylic acid groups (broad SMARTS) is 1. The lowest BCUT2D eigenvalue weighted by Gasteiger charge is -2.27. The van der Waals surface area contributed by atoms with Crippen LogP contribution in [0, 0.1) is 5.92 Å². The Balaban J connectivity index is 1.79. The van der Waals surface area contributed by atoms with Gasteiger partial charge in [0.25, 0.3) is 5.91 Å². The Morgan fingerprint density at radius 3 is 2.27 bits per heavy atom. The number of carbonyl (C=O) groups excluding carboxylic acids is 1. The largest absolute Gasteiger partial charge is 0.481 e. The van der Waals surface area contributed by atoms with Gasteiger partial charge in [0.1, 0.15) is 5.75 Å². The summed E-state index contributed by atoms with van der Waals surface area (Å²) in [4.78, 5) is 23.6. The van der Waals surface area contributed by atoms with Gasteiger partial charge >= 0.3 is 12.6 Å². The van der Waals surface area contributed by atoms with Gasteiger partial charge in [-0.05, 0) is 48.6 Å². The molecule has 7 heteroatoms. The van der Waals surface area contributed by atoms with Gasteiger partial charge < -0.3 is 15.2 Å². The number of carboxylic acids is 1. The summed E-state index contributed by atoms with van der Waals surface area (Å²) < 4.78 is 30.0. The second kappa shape index (κ2) is 7.68. The number of rotatable bonds is 5. The van der Waals surface area contributed by atoms with E-state index in [0.29, 0.717) is 31.1 Å². The summed E-state index contributed by atoms with van der Waals surface area (Å²) in [6, 6.07) is 9.89. The molecule has 1 saturated carbocycles. The first-order valence-electron chi connectivity index (χ1n) is 8.45. The van der Waals surface area contributed by atoms with Crippen LogP contribution >= 0.6 is 0 Å². The molecule has 1 aliphatic rings. The first kappa shape index (κ1) is 18.1. The maximum Gasteiger partial charge on any atom is 0.387 e. The number of hydrogen-bond acceptors (Lipinski definition) is 3. The Morgan fingerprint density at radius 2 is 1.69 bits per heavy atom. The monoisotopic (exact) mass is 363 g/mol. The van der Waals surface area contributed by atoms with E-state index >= 15 is 0 Å². The van der Waals surface area contributed by atoms with E-state index in [1.807, 2.05) is 0 Å². The quantitative estimate of drug-likeness (QED) is 0.847. The summed E-state index contributed by atoms with van der Waals surface area (Å²) in [5.74, 6) is -1.88. The van der Waals surface area contributed by atoms with Crippen molar-refractivity contribution < 1.29 is 28.2 Å². The van der Waals surface area contributed by atoms with E-state index < -0.39 is 18.5 Å². The van der Waals surface area contributed by atoms with Crippen molar-refractivity contribution in [2.75, 3.05) is 0 Å². The van der Waals surface area contributed by atoms with Gasteiger partial charge in [-0.25, -0.2) is 0 Å². The fraction of sp³-hybridized carbons (Fsp3) is 0.368. The highest BCUT2D eigenvalue weighted by atomic mass is 19.3. The van der Waals surface area contributed by atoms with E-state index in [2.05, 4.69) is 10.1 Å². The maximum atomic E-state index is 12.7. The minimum Gasteiger partial charge on any atom is -0.481 e. The van der Waals surface area contributed by atoms with Crippen molar-refractivity contribution in [1.29, 1.82) is 0 Å². The zero-order valence-electron chi connectivity index (χ0n) is 14.0. The average Bonchev–Trinajstić information content (AvgIpc) is 2.61. The molecular weight excluding hydrogens is 344 g/mol. The second-order valence-corrected chi connectivity index (χ2v) is 6.43. The van der Waals surface area contributed by atoms with Crippen LogP contribution in [0.2, 0.25) is 0 Å². The fourth-order valence-electron chi connectivity index (χ4n) is 3.34. The lowest BCUT2D eigenvalue weighted by molar-refractivity contribution is -0.142. The predicted octanol–water partition coefficient (Wildman–Crippen LogP) is 3.81. The number of hydrogen-bond donors (Lipinski definition) is 2. The normalized spacial score (nSPS) is 20.1. The van der Waals surface area contributed by atoms with Gasteiger partial charge in [0, 0.05) is 6.04 Å². The fourth-order valence-corrected chi connectivity index (χ4v) is 3.34. The minimum atomic E-state index is -3.03. The molecule has 2 aromatic rings. The Hall–Kier alpha value is -2.70. The first-order chi connectivity index (χ1) is 12.4. The molecule has 0 aromatic heterocycles. The van der Waals surface area contributed by atoms with Crippen LogP contribution in [-0.2, 0) is 4.79 Å². The third kappa shape index (κ3) is 4.09. The number of nitrogens with one attached hydrogen (secondary N) is 1. The highest BCUT2D eigenvalue weighted by Gasteiger charge is 2.27. The number of benzene rings is 2. The van der Waals surface area contributed by atoms with Gasteiger partial charge in [0.05, 0.1) is 11.5 Å². The molecular formula is C19H19F2NO4. The molecule has 26 heavy (non-hydrogen) atoms. The molecule has 2 N–H and O–H groups in total. The van der Waals surface area contributed by atoms with Crippen LogP contribution < -0.4 is 10.1 Å². The third-order valence-electron chi connectivity index (χ3n) is 4.72. The van der Waals surface area contributed by atoms with Gasteiger partial charge in [-0.1, -0.05) is 24.3 Å². The number of carbonyl (C=O) groups is 2. The van der Waals surface area contributed by atoms with E-state index in [1.165, 1.54) is 12.1 Å². The topological polar surface area (TPSA) is 75.6 Å². The van der Waals surface area contributed by atoms with E-state index in [9.17, 15) is 18.4 Å². The molecule has 0 aliphatic heterocycles. The average molecular weight is 363 g/mol. The molecule has 0 heterocycles. The van der Waals surface area contributed by atoms with Crippen molar-refractivity contribution in [1.82, 2.24) is 5.32 Å². The van der Waals surface area contributed by atoms with Crippen molar-refractivity contribution in [3.8, 4) is 5.75 Å². The van der Waals surface area contributed by atoms with Crippen molar-refractivity contribution in [3.05, 3.63) is 42.0 Å². The minimum absolute atomic E-state index is 0.0457. The number of fused-ring (bicyclic) bond motifs is 1. The van der Waals surface area contributed by atoms with Gasteiger partial charge in [-0.3, -0.25) is 9.59 Å². The Bertz CT molecular complexity index is 816. The number of alkyl halides is 2. The Labute approximate surface area is 149 Å². The number of ether oxygens (including phenoxy) is 1. The zero-order valence-corrected chi connectivity index (χ0v) is 14.0. The van der Waals surface area contributed by atoms with Crippen LogP contribution in [-0.4, -0.2) is 29.6 Å². The van der Waals surface area contributed by atoms with Crippen LogP contribution in [0.3, 0.4) is 0 Å². The molecule has 0 bridgehead atoms. The Kier molecular flexibility index (Phi) is 5.35. The van der Waals surface area contributed by atoms with Crippen molar-refractivity contribution >= 4 is 22.6 Å². The second-order valence-electron chi connectivity index (χ2n) is 6.43. The molecule has 0 atom stereocenters. The Morgan fingerprint density at radius 1 is 1.08 bits per heavy atom. The van der Waals surface area contributed by atoms with Crippen LogP contribution in [0.15, 0.2) is 36.4 Å². The van der Waals surface area contributed by atoms with Crippen LogP contribution in [0.5, 0.6) is 5.75 Å². The highest BCUT2D eigenvalue weighted by molar-refractivity contribution is 6.01. The lowest BCUT2D eigenvalue weighted by atomic mass is 9.86. The maximum absolute atomic E-state index is 12.7. The number of amides is 1. The predicted molar refractivity (Wildman–Crippen MR) is 91.4 cm³/mol. The summed E-state index contributed by atoms with van der Waals surface area (Å²) in [7, 11) is 0. The van der Waals surface area contributed by atoms with Gasteiger partial charge in [-0.2, -0.15) is 8.78 Å². The molecule has 1 aliphatic carbocycles. The number of halogens is 2. The van der Waals surface area contributed by atoms with Crippen molar-refractivity contribution in [2.45, 2.75) is 38.3 Å². The molecule has 5 nitrogen and oxygen atoms in total. The molecule has 1 amide bonds. The van der Waals surface area contributed by atoms with Crippen LogP contribution in [0.25, 0.3) is 10.8 Å². The molecule has 1 fully saturated rings. The molecule has 0 saturated heterocycles. The van der Waals surface area contributed by atoms with Crippen LogP contribution in [0.1, 0.15) is 36.0 Å². The molecule has 0 unspecified atom stereocenters. The van der Waals surface area contributed by atoms with Gasteiger partial charge in [0.15, 0.2) is 0 Å². The van der Waals surface area contributed by atoms with E-state index in [-0.39, 0.29) is 23.3 Å². The first-order valence-corrected chi connectivity index (χ1v) is 8.45. The van der Waals surface area contributed by atoms with Crippen molar-refractivity contribution in [3.63, 3.8) is 0 Å². The van der Waals surface area contributed by atoms with Crippen molar-refractivity contribution in [2.24, 2.45) is 5.92 Å². The smallest absolute Gasteiger partial charge is 0.387 e. The van der Waals surface area contributed by atoms with Gasteiger partial charge in [-0.15, -0.1) is 0 Å². The molecule has 0 spiro atoms. The standard InChI is InChI=1S/C19H19F2NO4/c20-19(21)26-16-10-13-4-2-1-3-12(13)9-15(16)17(23)22-14-7-5-11(6-8-14)18(24)25/h1-4,9-11,14,19H,5-8H2,(H,22,23)(H,24,25). The molecule has 138 valence electrons. The summed E-state index contributed by atoms with van der Waals surface area (Å²) in [5.41, 5.74) is 0.0457. The van der Waals surface area contributed by atoms with Gasteiger partial charge in [0.2, 0.25) is 0 Å². The lowest BCUT2D eigenvalue weighted by Crippen LogP contribution is -2.38. The summed E-state index contributed by atoms with van der Waals surface area (Å²) >= 11 is 0. The highest BCUT2D eigenvalue weighted by Crippen LogP contribution is 2.29.